The summed E-state index contributed by atoms with van der Waals surface area (Å²) < 4.78 is 26.5. The molecule has 0 saturated carbocycles. The van der Waals surface area contributed by atoms with Gasteiger partial charge in [0.2, 0.25) is 0 Å². The van der Waals surface area contributed by atoms with Crippen LogP contribution in [0.1, 0.15) is 49.5 Å². The number of aromatic nitrogens is 2. The lowest BCUT2D eigenvalue weighted by molar-refractivity contribution is 0.107. The summed E-state index contributed by atoms with van der Waals surface area (Å²) in [5.74, 6) is 0.937. The molecule has 0 spiro atoms. The first kappa shape index (κ1) is 28.4. The van der Waals surface area contributed by atoms with E-state index >= 15 is 0 Å². The van der Waals surface area contributed by atoms with Gasteiger partial charge in [0.25, 0.3) is 0 Å². The molecule has 2 fully saturated rings. The number of nitrogens with zero attached hydrogens (tertiary/aromatic N) is 4. The summed E-state index contributed by atoms with van der Waals surface area (Å²) in [6.07, 6.45) is 6.58. The molecule has 42 heavy (non-hydrogen) atoms. The van der Waals surface area contributed by atoms with E-state index in [1.165, 1.54) is 19.1 Å². The predicted octanol–water partition coefficient (Wildman–Crippen LogP) is 6.35. The van der Waals surface area contributed by atoms with Gasteiger partial charge in [-0.1, -0.05) is 35.9 Å². The molecule has 6 rings (SSSR count). The zero-order valence-electron chi connectivity index (χ0n) is 24.5. The van der Waals surface area contributed by atoms with Gasteiger partial charge in [0, 0.05) is 48.8 Å². The first-order chi connectivity index (χ1) is 20.2. The standard InChI is InChI=1S/C33H39N5O3S/c1-23-10-12-25(13-11-23)35-33(39)37(26-8-5-4-6-9-26)19-7-18-36-27-14-15-28(36)21-29(20-27)38-24(2)34-31-22-30(42(3,40)41)16-17-32(31)38/h4-6,8-13,16-17,22,27-29H,7,14-15,18-21H2,1-3H3,(H,35,39)/t27-,28+,29?. The SMILES string of the molecule is Cc1ccc(NC(=O)N(CCCN2[C@@H]3CC[C@H]2CC(n2c(C)nc4cc(S(C)(=O)=O)ccc42)C3)c2ccccc2)cc1. The van der Waals surface area contributed by atoms with Crippen LogP contribution >= 0.6 is 0 Å². The number of anilines is 2. The Morgan fingerprint density at radius 2 is 1.64 bits per heavy atom. The van der Waals surface area contributed by atoms with Crippen molar-refractivity contribution in [3.05, 3.63) is 84.2 Å². The average Bonchev–Trinajstić information content (AvgIpc) is 3.41. The van der Waals surface area contributed by atoms with Crippen LogP contribution in [0.15, 0.2) is 77.7 Å². The Bertz CT molecular complexity index is 1670. The van der Waals surface area contributed by atoms with Crippen LogP contribution in [0, 0.1) is 13.8 Å². The molecule has 9 heteroatoms. The van der Waals surface area contributed by atoms with Crippen molar-refractivity contribution in [3.8, 4) is 0 Å². The Balaban J connectivity index is 1.13. The second kappa shape index (κ2) is 11.5. The lowest BCUT2D eigenvalue weighted by atomic mass is 9.96. The molecular formula is C33H39N5O3S. The summed E-state index contributed by atoms with van der Waals surface area (Å²) in [7, 11) is -3.28. The fourth-order valence-corrected chi connectivity index (χ4v) is 7.55. The summed E-state index contributed by atoms with van der Waals surface area (Å²) in [4.78, 5) is 22.9. The minimum atomic E-state index is -3.28. The van der Waals surface area contributed by atoms with E-state index in [2.05, 4.69) is 14.8 Å². The summed E-state index contributed by atoms with van der Waals surface area (Å²) >= 11 is 0. The molecule has 3 heterocycles. The van der Waals surface area contributed by atoms with Gasteiger partial charge in [-0.3, -0.25) is 9.80 Å². The highest BCUT2D eigenvalue weighted by Crippen LogP contribution is 2.42. The topological polar surface area (TPSA) is 87.5 Å². The molecule has 8 nitrogen and oxygen atoms in total. The number of sulfone groups is 1. The predicted molar refractivity (Wildman–Crippen MR) is 168 cm³/mol. The molecule has 2 aliphatic rings. The largest absolute Gasteiger partial charge is 0.326 e. The molecule has 2 bridgehead atoms. The number of carbonyl (C=O) groups excluding carboxylic acids is 1. The number of benzene rings is 3. The number of imidazole rings is 1. The van der Waals surface area contributed by atoms with E-state index in [9.17, 15) is 13.2 Å². The fourth-order valence-electron chi connectivity index (χ4n) is 6.91. The lowest BCUT2D eigenvalue weighted by Gasteiger charge is -2.40. The fraction of sp³-hybridized carbons (Fsp3) is 0.394. The molecule has 0 aliphatic carbocycles. The molecule has 3 aromatic carbocycles. The van der Waals surface area contributed by atoms with Gasteiger partial charge in [-0.2, -0.15) is 0 Å². The molecule has 2 saturated heterocycles. The highest BCUT2D eigenvalue weighted by atomic mass is 32.2. The van der Waals surface area contributed by atoms with Gasteiger partial charge >= 0.3 is 6.03 Å². The van der Waals surface area contributed by atoms with E-state index in [-0.39, 0.29) is 6.03 Å². The number of para-hydroxylation sites is 1. The van der Waals surface area contributed by atoms with Crippen molar-refractivity contribution >= 4 is 38.3 Å². The van der Waals surface area contributed by atoms with Crippen LogP contribution in [-0.4, -0.2) is 60.3 Å². The van der Waals surface area contributed by atoms with Gasteiger partial charge in [-0.25, -0.2) is 18.2 Å². The third-order valence-corrected chi connectivity index (χ3v) is 10.0. The molecule has 4 aromatic rings. The highest BCUT2D eigenvalue weighted by Gasteiger charge is 2.41. The van der Waals surface area contributed by atoms with Gasteiger partial charge in [-0.05, 0) is 88.4 Å². The maximum atomic E-state index is 13.4. The van der Waals surface area contributed by atoms with E-state index in [4.69, 9.17) is 4.98 Å². The Morgan fingerprint density at radius 3 is 2.31 bits per heavy atom. The summed E-state index contributed by atoms with van der Waals surface area (Å²) in [5.41, 5.74) is 4.60. The minimum absolute atomic E-state index is 0.117. The van der Waals surface area contributed by atoms with E-state index in [1.807, 2.05) is 79.4 Å². The zero-order chi connectivity index (χ0) is 29.4. The smallest absolute Gasteiger partial charge is 0.325 e. The van der Waals surface area contributed by atoms with Gasteiger partial charge in [0.1, 0.15) is 5.82 Å². The molecule has 2 amide bonds. The number of amides is 2. The van der Waals surface area contributed by atoms with Crippen molar-refractivity contribution in [1.82, 2.24) is 14.5 Å². The third-order valence-electron chi connectivity index (χ3n) is 8.90. The number of piperidine rings is 1. The first-order valence-corrected chi connectivity index (χ1v) is 16.7. The normalized spacial score (nSPS) is 20.6. The first-order valence-electron chi connectivity index (χ1n) is 14.8. The summed E-state index contributed by atoms with van der Waals surface area (Å²) in [6, 6.07) is 24.3. The quantitative estimate of drug-likeness (QED) is 0.260. The number of nitrogens with one attached hydrogen (secondary N) is 1. The van der Waals surface area contributed by atoms with Crippen molar-refractivity contribution in [2.75, 3.05) is 29.6 Å². The van der Waals surface area contributed by atoms with Crippen molar-refractivity contribution in [1.29, 1.82) is 0 Å². The molecule has 0 radical (unpaired) electrons. The number of hydrogen-bond acceptors (Lipinski definition) is 5. The van der Waals surface area contributed by atoms with Crippen LogP contribution in [0.4, 0.5) is 16.2 Å². The summed E-state index contributed by atoms with van der Waals surface area (Å²) in [5, 5.41) is 3.07. The number of carbonyl (C=O) groups is 1. The molecule has 1 aromatic heterocycles. The average molecular weight is 586 g/mol. The van der Waals surface area contributed by atoms with Gasteiger partial charge in [0.15, 0.2) is 9.84 Å². The minimum Gasteiger partial charge on any atom is -0.325 e. The second-order valence-electron chi connectivity index (χ2n) is 11.8. The van der Waals surface area contributed by atoms with Crippen molar-refractivity contribution in [2.45, 2.75) is 69.0 Å². The van der Waals surface area contributed by atoms with E-state index in [0.29, 0.717) is 29.6 Å². The van der Waals surface area contributed by atoms with Crippen molar-refractivity contribution < 1.29 is 13.2 Å². The van der Waals surface area contributed by atoms with E-state index in [1.54, 1.807) is 12.1 Å². The maximum absolute atomic E-state index is 13.4. The van der Waals surface area contributed by atoms with Gasteiger partial charge in [-0.15, -0.1) is 0 Å². The van der Waals surface area contributed by atoms with Crippen LogP contribution < -0.4 is 10.2 Å². The second-order valence-corrected chi connectivity index (χ2v) is 13.9. The van der Waals surface area contributed by atoms with Crippen molar-refractivity contribution in [3.63, 3.8) is 0 Å². The molecular weight excluding hydrogens is 546 g/mol. The number of urea groups is 1. The Labute approximate surface area is 248 Å². The number of rotatable bonds is 8. The number of fused-ring (bicyclic) bond motifs is 3. The van der Waals surface area contributed by atoms with Crippen LogP contribution in [0.2, 0.25) is 0 Å². The molecule has 220 valence electrons. The Morgan fingerprint density at radius 1 is 0.952 bits per heavy atom. The van der Waals surface area contributed by atoms with Gasteiger partial charge in [0.05, 0.1) is 15.9 Å². The molecule has 1 unspecified atom stereocenters. The van der Waals surface area contributed by atoms with E-state index < -0.39 is 9.84 Å². The molecule has 1 N–H and O–H groups in total. The molecule has 2 aliphatic heterocycles. The van der Waals surface area contributed by atoms with Crippen LogP contribution in [0.3, 0.4) is 0 Å². The third kappa shape index (κ3) is 5.80. The number of hydrogen-bond donors (Lipinski definition) is 1. The number of aryl methyl sites for hydroxylation is 2. The Hall–Kier alpha value is -3.69. The van der Waals surface area contributed by atoms with Crippen LogP contribution in [-0.2, 0) is 9.84 Å². The van der Waals surface area contributed by atoms with Crippen LogP contribution in [0.5, 0.6) is 0 Å². The van der Waals surface area contributed by atoms with Gasteiger partial charge < -0.3 is 9.88 Å². The summed E-state index contributed by atoms with van der Waals surface area (Å²) in [6.45, 7) is 5.64. The van der Waals surface area contributed by atoms with Crippen molar-refractivity contribution in [2.24, 2.45) is 0 Å². The maximum Gasteiger partial charge on any atom is 0.326 e. The van der Waals surface area contributed by atoms with Crippen LogP contribution in [0.25, 0.3) is 11.0 Å². The zero-order valence-corrected chi connectivity index (χ0v) is 25.3. The van der Waals surface area contributed by atoms with E-state index in [0.717, 1.165) is 59.6 Å². The molecule has 3 atom stereocenters. The highest BCUT2D eigenvalue weighted by molar-refractivity contribution is 7.90. The monoisotopic (exact) mass is 585 g/mol. The Kier molecular flexibility index (Phi) is 7.81. The lowest BCUT2D eigenvalue weighted by Crippen LogP contribution is -2.45.